The maximum atomic E-state index is 10.7. The highest BCUT2D eigenvalue weighted by Gasteiger charge is 2.19. The molecule has 0 unspecified atom stereocenters. The molecule has 0 radical (unpaired) electrons. The van der Waals surface area contributed by atoms with Gasteiger partial charge in [0.1, 0.15) is 0 Å². The molecule has 3 heteroatoms. The Hall–Kier alpha value is -1.01. The molecule has 0 bridgehead atoms. The summed E-state index contributed by atoms with van der Waals surface area (Å²) in [4.78, 5) is 10.7. The van der Waals surface area contributed by atoms with Gasteiger partial charge in [0.25, 0.3) is 0 Å². The van der Waals surface area contributed by atoms with E-state index in [1.54, 1.807) is 6.92 Å². The second-order valence-electron chi connectivity index (χ2n) is 3.10. The van der Waals surface area contributed by atoms with E-state index in [1.165, 1.54) is 12.8 Å². The van der Waals surface area contributed by atoms with Crippen molar-refractivity contribution in [3.63, 3.8) is 0 Å². The molecular formula is C10H15NO2. The van der Waals surface area contributed by atoms with Crippen LogP contribution in [0.5, 0.6) is 0 Å². The van der Waals surface area contributed by atoms with Crippen LogP contribution in [0.2, 0.25) is 0 Å². The number of esters is 1. The number of ether oxygens (including phenoxy) is 1. The third-order valence-electron chi connectivity index (χ3n) is 1.81. The minimum absolute atomic E-state index is 0.392. The van der Waals surface area contributed by atoms with Gasteiger partial charge in [-0.05, 0) is 32.2 Å². The molecule has 3 nitrogen and oxygen atoms in total. The van der Waals surface area contributed by atoms with E-state index in [0.717, 1.165) is 12.5 Å². The number of carbonyl (C=O) groups is 1. The van der Waals surface area contributed by atoms with E-state index in [-0.39, 0.29) is 0 Å². The lowest BCUT2D eigenvalue weighted by Gasteiger charge is -1.95. The SMILES string of the molecule is CCOC(=O)C#CCNCC1CC1. The van der Waals surface area contributed by atoms with E-state index >= 15 is 0 Å². The van der Waals surface area contributed by atoms with Gasteiger partial charge in [-0.1, -0.05) is 5.92 Å². The van der Waals surface area contributed by atoms with Crippen LogP contribution in [0.25, 0.3) is 0 Å². The van der Waals surface area contributed by atoms with E-state index < -0.39 is 5.97 Å². The fourth-order valence-electron chi connectivity index (χ4n) is 0.944. The Bertz CT molecular complexity index is 223. The van der Waals surface area contributed by atoms with E-state index in [0.29, 0.717) is 13.2 Å². The molecule has 72 valence electrons. The summed E-state index contributed by atoms with van der Waals surface area (Å²) in [6.07, 6.45) is 2.66. The maximum Gasteiger partial charge on any atom is 0.384 e. The van der Waals surface area contributed by atoms with Crippen molar-refractivity contribution in [3.8, 4) is 11.8 Å². The summed E-state index contributed by atoms with van der Waals surface area (Å²) in [5, 5.41) is 3.16. The second-order valence-corrected chi connectivity index (χ2v) is 3.10. The molecule has 1 rings (SSSR count). The highest BCUT2D eigenvalue weighted by Crippen LogP contribution is 2.27. The van der Waals surface area contributed by atoms with Crippen molar-refractivity contribution in [2.24, 2.45) is 5.92 Å². The summed E-state index contributed by atoms with van der Waals surface area (Å²) in [6.45, 7) is 3.76. The van der Waals surface area contributed by atoms with Crippen molar-refractivity contribution in [2.45, 2.75) is 19.8 Å². The van der Waals surface area contributed by atoms with Crippen molar-refractivity contribution in [3.05, 3.63) is 0 Å². The van der Waals surface area contributed by atoms with Crippen LogP contribution in [0.3, 0.4) is 0 Å². The van der Waals surface area contributed by atoms with Crippen molar-refractivity contribution < 1.29 is 9.53 Å². The molecule has 1 fully saturated rings. The van der Waals surface area contributed by atoms with Gasteiger partial charge in [-0.3, -0.25) is 0 Å². The lowest BCUT2D eigenvalue weighted by Crippen LogP contribution is -2.17. The molecule has 1 saturated carbocycles. The van der Waals surface area contributed by atoms with Gasteiger partial charge in [-0.15, -0.1) is 0 Å². The average molecular weight is 181 g/mol. The molecule has 0 heterocycles. The quantitative estimate of drug-likeness (QED) is 0.298. The molecule has 1 N–H and O–H groups in total. The lowest BCUT2D eigenvalue weighted by molar-refractivity contribution is -0.136. The number of hydrogen-bond acceptors (Lipinski definition) is 3. The van der Waals surface area contributed by atoms with Crippen molar-refractivity contribution in [2.75, 3.05) is 19.7 Å². The highest BCUT2D eigenvalue weighted by molar-refractivity contribution is 5.88. The molecule has 1 aliphatic carbocycles. The molecule has 0 aromatic carbocycles. The molecule has 1 aliphatic rings. The van der Waals surface area contributed by atoms with Crippen LogP contribution in [-0.4, -0.2) is 25.7 Å². The van der Waals surface area contributed by atoms with Crippen molar-refractivity contribution >= 4 is 5.97 Å². The Morgan fingerprint density at radius 2 is 2.38 bits per heavy atom. The van der Waals surface area contributed by atoms with Gasteiger partial charge >= 0.3 is 5.97 Å². The summed E-state index contributed by atoms with van der Waals surface area (Å²) in [6, 6.07) is 0. The zero-order chi connectivity index (χ0) is 9.52. The molecule has 0 spiro atoms. The Balaban J connectivity index is 1.98. The zero-order valence-electron chi connectivity index (χ0n) is 7.93. The summed E-state index contributed by atoms with van der Waals surface area (Å²) >= 11 is 0. The Labute approximate surface area is 78.8 Å². The minimum Gasteiger partial charge on any atom is -0.456 e. The molecule has 13 heavy (non-hydrogen) atoms. The van der Waals surface area contributed by atoms with E-state index in [2.05, 4.69) is 21.9 Å². The summed E-state index contributed by atoms with van der Waals surface area (Å²) in [7, 11) is 0. The first-order valence-corrected chi connectivity index (χ1v) is 4.69. The number of nitrogens with one attached hydrogen (secondary N) is 1. The molecule has 0 amide bonds. The van der Waals surface area contributed by atoms with E-state index in [4.69, 9.17) is 0 Å². The van der Waals surface area contributed by atoms with Crippen molar-refractivity contribution in [1.29, 1.82) is 0 Å². The van der Waals surface area contributed by atoms with Crippen molar-refractivity contribution in [1.82, 2.24) is 5.32 Å². The number of rotatable bonds is 4. The number of hydrogen-bond donors (Lipinski definition) is 1. The Morgan fingerprint density at radius 3 is 3.00 bits per heavy atom. The molecule has 0 saturated heterocycles. The normalized spacial score (nSPS) is 14.5. The predicted molar refractivity (Wildman–Crippen MR) is 50.0 cm³/mol. The fraction of sp³-hybridized carbons (Fsp3) is 0.700. The smallest absolute Gasteiger partial charge is 0.384 e. The van der Waals surface area contributed by atoms with Crippen LogP contribution < -0.4 is 5.32 Å². The number of carbonyl (C=O) groups excluding carboxylic acids is 1. The van der Waals surface area contributed by atoms with E-state index in [1.807, 2.05) is 0 Å². The Morgan fingerprint density at radius 1 is 1.62 bits per heavy atom. The molecule has 0 aliphatic heterocycles. The molecule has 0 aromatic heterocycles. The summed E-state index contributed by atoms with van der Waals surface area (Å²) < 4.78 is 4.64. The topological polar surface area (TPSA) is 38.3 Å². The van der Waals surface area contributed by atoms with Gasteiger partial charge in [0.2, 0.25) is 0 Å². The van der Waals surface area contributed by atoms with Gasteiger partial charge in [-0.2, -0.15) is 0 Å². The third kappa shape index (κ3) is 5.26. The molecule has 0 aromatic rings. The van der Waals surface area contributed by atoms with Gasteiger partial charge in [-0.25, -0.2) is 4.79 Å². The monoisotopic (exact) mass is 181 g/mol. The zero-order valence-corrected chi connectivity index (χ0v) is 7.93. The van der Waals surface area contributed by atoms with Crippen LogP contribution in [-0.2, 0) is 9.53 Å². The predicted octanol–water partition coefficient (Wildman–Crippen LogP) is 0.552. The van der Waals surface area contributed by atoms with Crippen LogP contribution in [0.4, 0.5) is 0 Å². The highest BCUT2D eigenvalue weighted by atomic mass is 16.5. The third-order valence-corrected chi connectivity index (χ3v) is 1.81. The molecule has 0 atom stereocenters. The first kappa shape index (κ1) is 10.1. The second kappa shape index (κ2) is 5.60. The van der Waals surface area contributed by atoms with Gasteiger partial charge in [0.15, 0.2) is 0 Å². The first-order valence-electron chi connectivity index (χ1n) is 4.69. The van der Waals surface area contributed by atoms with Gasteiger partial charge < -0.3 is 10.1 Å². The first-order chi connectivity index (χ1) is 6.33. The van der Waals surface area contributed by atoms with Gasteiger partial charge in [0, 0.05) is 5.92 Å². The fourth-order valence-corrected chi connectivity index (χ4v) is 0.944. The van der Waals surface area contributed by atoms with Crippen LogP contribution in [0.15, 0.2) is 0 Å². The van der Waals surface area contributed by atoms with Gasteiger partial charge in [0.05, 0.1) is 13.2 Å². The Kier molecular flexibility index (Phi) is 4.34. The minimum atomic E-state index is -0.435. The lowest BCUT2D eigenvalue weighted by atomic mass is 10.4. The largest absolute Gasteiger partial charge is 0.456 e. The average Bonchev–Trinajstić information content (AvgIpc) is 2.88. The maximum absolute atomic E-state index is 10.7. The summed E-state index contributed by atoms with van der Waals surface area (Å²) in [5.74, 6) is 5.54. The van der Waals surface area contributed by atoms with Crippen LogP contribution in [0, 0.1) is 17.8 Å². The van der Waals surface area contributed by atoms with Crippen LogP contribution in [0.1, 0.15) is 19.8 Å². The summed E-state index contributed by atoms with van der Waals surface area (Å²) in [5.41, 5.74) is 0. The molecular weight excluding hydrogens is 166 g/mol. The van der Waals surface area contributed by atoms with E-state index in [9.17, 15) is 4.79 Å². The van der Waals surface area contributed by atoms with Crippen LogP contribution >= 0.6 is 0 Å². The standard InChI is InChI=1S/C10H15NO2/c1-2-13-10(12)4-3-7-11-8-9-5-6-9/h9,11H,2,5-8H2,1H3.